The van der Waals surface area contributed by atoms with E-state index in [-0.39, 0.29) is 5.91 Å². The Hall–Kier alpha value is -2.90. The molecule has 1 aliphatic rings. The van der Waals surface area contributed by atoms with E-state index >= 15 is 0 Å². The average molecular weight is 383 g/mol. The Balaban J connectivity index is 1.58. The van der Waals surface area contributed by atoms with Crippen molar-refractivity contribution in [3.63, 3.8) is 0 Å². The van der Waals surface area contributed by atoms with E-state index in [1.54, 1.807) is 20.3 Å². The smallest absolute Gasteiger partial charge is 0.271 e. The second kappa shape index (κ2) is 9.87. The number of hydrogen-bond acceptors (Lipinski definition) is 6. The fraction of sp³-hybridized carbons (Fsp3) is 0.333. The number of nitrogens with one attached hydrogen (secondary N) is 1. The van der Waals surface area contributed by atoms with Crippen molar-refractivity contribution in [2.75, 3.05) is 40.5 Å². The molecule has 2 aromatic carbocycles. The van der Waals surface area contributed by atoms with Crippen LogP contribution in [0, 0.1) is 0 Å². The summed E-state index contributed by atoms with van der Waals surface area (Å²) < 4.78 is 16.0. The van der Waals surface area contributed by atoms with E-state index in [1.807, 2.05) is 36.4 Å². The summed E-state index contributed by atoms with van der Waals surface area (Å²) in [4.78, 5) is 14.6. The minimum Gasteiger partial charge on any atom is -0.493 e. The zero-order chi connectivity index (χ0) is 19.8. The number of para-hydroxylation sites is 1. The van der Waals surface area contributed by atoms with Crippen molar-refractivity contribution in [3.05, 3.63) is 59.2 Å². The number of carbonyl (C=O) groups is 1. The number of nitrogens with zero attached hydrogens (tertiary/aromatic N) is 2. The topological polar surface area (TPSA) is 72.4 Å². The molecule has 0 bridgehead atoms. The molecule has 0 aliphatic carbocycles. The van der Waals surface area contributed by atoms with Gasteiger partial charge in [-0.15, -0.1) is 0 Å². The Bertz CT molecular complexity index is 815. The minimum absolute atomic E-state index is 0.268. The van der Waals surface area contributed by atoms with Crippen LogP contribution in [0.5, 0.6) is 11.5 Å². The van der Waals surface area contributed by atoms with Crippen molar-refractivity contribution in [1.29, 1.82) is 0 Å². The van der Waals surface area contributed by atoms with Gasteiger partial charge in [-0.25, -0.2) is 5.43 Å². The lowest BCUT2D eigenvalue weighted by molar-refractivity contribution is 0.0342. The predicted molar refractivity (Wildman–Crippen MR) is 107 cm³/mol. The Morgan fingerprint density at radius 3 is 2.57 bits per heavy atom. The van der Waals surface area contributed by atoms with Gasteiger partial charge in [-0.1, -0.05) is 18.2 Å². The van der Waals surface area contributed by atoms with Crippen molar-refractivity contribution >= 4 is 12.1 Å². The van der Waals surface area contributed by atoms with Gasteiger partial charge in [0.05, 0.1) is 33.6 Å². The van der Waals surface area contributed by atoms with Crippen LogP contribution in [0.1, 0.15) is 21.5 Å². The fourth-order valence-electron chi connectivity index (χ4n) is 3.02. The van der Waals surface area contributed by atoms with Gasteiger partial charge < -0.3 is 14.2 Å². The molecule has 1 saturated heterocycles. The first-order chi connectivity index (χ1) is 13.7. The number of amides is 1. The lowest BCUT2D eigenvalue weighted by Crippen LogP contribution is -2.35. The zero-order valence-electron chi connectivity index (χ0n) is 16.2. The third kappa shape index (κ3) is 5.09. The minimum atomic E-state index is -0.268. The van der Waals surface area contributed by atoms with Crippen LogP contribution in [0.3, 0.4) is 0 Å². The van der Waals surface area contributed by atoms with Gasteiger partial charge in [-0.05, 0) is 29.8 Å². The van der Waals surface area contributed by atoms with Crippen LogP contribution >= 0.6 is 0 Å². The maximum Gasteiger partial charge on any atom is 0.271 e. The first kappa shape index (κ1) is 19.9. The van der Waals surface area contributed by atoms with E-state index in [0.717, 1.165) is 32.8 Å². The van der Waals surface area contributed by atoms with Crippen molar-refractivity contribution in [3.8, 4) is 11.5 Å². The number of morpholine rings is 1. The zero-order valence-corrected chi connectivity index (χ0v) is 16.2. The number of benzene rings is 2. The van der Waals surface area contributed by atoms with Crippen LogP contribution in [0.2, 0.25) is 0 Å². The van der Waals surface area contributed by atoms with E-state index in [1.165, 1.54) is 11.8 Å². The summed E-state index contributed by atoms with van der Waals surface area (Å²) in [7, 11) is 3.13. The van der Waals surface area contributed by atoms with Gasteiger partial charge in [-0.3, -0.25) is 9.69 Å². The summed E-state index contributed by atoms with van der Waals surface area (Å²) in [5.41, 5.74) is 4.98. The molecular formula is C21H25N3O4. The van der Waals surface area contributed by atoms with E-state index in [9.17, 15) is 4.79 Å². The molecule has 3 rings (SSSR count). The van der Waals surface area contributed by atoms with Crippen molar-refractivity contribution < 1.29 is 19.0 Å². The maximum absolute atomic E-state index is 12.3. The van der Waals surface area contributed by atoms with Crippen molar-refractivity contribution in [2.24, 2.45) is 5.10 Å². The maximum atomic E-state index is 12.3. The van der Waals surface area contributed by atoms with Gasteiger partial charge in [0.25, 0.3) is 5.91 Å². The van der Waals surface area contributed by atoms with Crippen LogP contribution in [-0.2, 0) is 11.3 Å². The summed E-state index contributed by atoms with van der Waals surface area (Å²) in [5.74, 6) is 0.903. The van der Waals surface area contributed by atoms with Crippen LogP contribution in [0.15, 0.2) is 47.6 Å². The molecule has 0 aromatic heterocycles. The molecule has 1 N–H and O–H groups in total. The Morgan fingerprint density at radius 2 is 1.89 bits per heavy atom. The molecule has 1 aliphatic heterocycles. The van der Waals surface area contributed by atoms with E-state index < -0.39 is 0 Å². The molecule has 1 heterocycles. The quantitative estimate of drug-likeness (QED) is 0.587. The summed E-state index contributed by atoms with van der Waals surface area (Å²) in [6.07, 6.45) is 1.53. The molecule has 7 nitrogen and oxygen atoms in total. The molecule has 0 radical (unpaired) electrons. The largest absolute Gasteiger partial charge is 0.493 e. The van der Waals surface area contributed by atoms with E-state index in [0.29, 0.717) is 22.6 Å². The standard InChI is InChI=1S/C21H25N3O4/c1-26-19-5-3-4-18(20(19)27-2)14-22-23-21(25)17-8-6-16(7-9-17)15-24-10-12-28-13-11-24/h3-9,14H,10-13,15H2,1-2H3,(H,23,25)/b22-14-. The predicted octanol–water partition coefficient (Wildman–Crippen LogP) is 2.30. The molecule has 2 aromatic rings. The van der Waals surface area contributed by atoms with Crippen LogP contribution < -0.4 is 14.9 Å². The average Bonchev–Trinajstić information content (AvgIpc) is 2.74. The normalized spacial score (nSPS) is 14.8. The highest BCUT2D eigenvalue weighted by atomic mass is 16.5. The summed E-state index contributed by atoms with van der Waals surface area (Å²) in [5, 5.41) is 4.04. The van der Waals surface area contributed by atoms with Crippen LogP contribution in [-0.4, -0.2) is 57.5 Å². The third-order valence-corrected chi connectivity index (χ3v) is 4.53. The van der Waals surface area contributed by atoms with E-state index in [4.69, 9.17) is 14.2 Å². The van der Waals surface area contributed by atoms with Crippen molar-refractivity contribution in [2.45, 2.75) is 6.54 Å². The molecule has 28 heavy (non-hydrogen) atoms. The number of hydrazone groups is 1. The lowest BCUT2D eigenvalue weighted by Gasteiger charge is -2.26. The first-order valence-corrected chi connectivity index (χ1v) is 9.14. The summed E-state index contributed by atoms with van der Waals surface area (Å²) in [6.45, 7) is 4.28. The highest BCUT2D eigenvalue weighted by Crippen LogP contribution is 2.29. The second-order valence-electron chi connectivity index (χ2n) is 6.37. The molecular weight excluding hydrogens is 358 g/mol. The number of hydrogen-bond donors (Lipinski definition) is 1. The lowest BCUT2D eigenvalue weighted by atomic mass is 10.1. The number of rotatable bonds is 7. The van der Waals surface area contributed by atoms with Gasteiger partial charge in [0.15, 0.2) is 11.5 Å². The van der Waals surface area contributed by atoms with E-state index in [2.05, 4.69) is 15.4 Å². The van der Waals surface area contributed by atoms with Gasteiger partial charge in [0.1, 0.15) is 0 Å². The fourth-order valence-corrected chi connectivity index (χ4v) is 3.02. The molecule has 0 saturated carbocycles. The highest BCUT2D eigenvalue weighted by molar-refractivity contribution is 5.95. The Labute approximate surface area is 164 Å². The molecule has 148 valence electrons. The van der Waals surface area contributed by atoms with Gasteiger partial charge >= 0.3 is 0 Å². The monoisotopic (exact) mass is 383 g/mol. The first-order valence-electron chi connectivity index (χ1n) is 9.14. The Kier molecular flexibility index (Phi) is 7.00. The number of carbonyl (C=O) groups excluding carboxylic acids is 1. The van der Waals surface area contributed by atoms with Gasteiger partial charge in [-0.2, -0.15) is 5.10 Å². The highest BCUT2D eigenvalue weighted by Gasteiger charge is 2.11. The molecule has 0 spiro atoms. The molecule has 1 fully saturated rings. The number of ether oxygens (including phenoxy) is 3. The third-order valence-electron chi connectivity index (χ3n) is 4.53. The van der Waals surface area contributed by atoms with Gasteiger partial charge in [0, 0.05) is 30.8 Å². The molecule has 0 unspecified atom stereocenters. The SMILES string of the molecule is COc1cccc(/C=N\NC(=O)c2ccc(CN3CCOCC3)cc2)c1OC. The van der Waals surface area contributed by atoms with Crippen LogP contribution in [0.25, 0.3) is 0 Å². The van der Waals surface area contributed by atoms with Crippen LogP contribution in [0.4, 0.5) is 0 Å². The second-order valence-corrected chi connectivity index (χ2v) is 6.37. The summed E-state index contributed by atoms with van der Waals surface area (Å²) in [6, 6.07) is 13.0. The van der Waals surface area contributed by atoms with Crippen molar-refractivity contribution in [1.82, 2.24) is 10.3 Å². The molecule has 7 heteroatoms. The Morgan fingerprint density at radius 1 is 1.14 bits per heavy atom. The number of methoxy groups -OCH3 is 2. The summed E-state index contributed by atoms with van der Waals surface area (Å²) >= 11 is 0. The molecule has 1 amide bonds. The van der Waals surface area contributed by atoms with Gasteiger partial charge in [0.2, 0.25) is 0 Å². The molecule has 0 atom stereocenters.